The Labute approximate surface area is 178 Å². The molecule has 2 N–H and O–H groups in total. The normalized spacial score (nSPS) is 17.0. The quantitative estimate of drug-likeness (QED) is 0.733. The third-order valence-corrected chi connectivity index (χ3v) is 5.85. The van der Waals surface area contributed by atoms with E-state index in [9.17, 15) is 9.59 Å². The van der Waals surface area contributed by atoms with Gasteiger partial charge >= 0.3 is 0 Å². The van der Waals surface area contributed by atoms with Gasteiger partial charge in [-0.25, -0.2) is 0 Å². The number of amides is 2. The molecule has 3 rings (SSSR count). The summed E-state index contributed by atoms with van der Waals surface area (Å²) in [6.07, 6.45) is 1.46. The van der Waals surface area contributed by atoms with Crippen molar-refractivity contribution in [3.8, 4) is 5.75 Å². The maximum Gasteiger partial charge on any atom is 0.237 e. The van der Waals surface area contributed by atoms with Crippen LogP contribution in [0.25, 0.3) is 0 Å². The number of methoxy groups -OCH3 is 1. The van der Waals surface area contributed by atoms with Crippen molar-refractivity contribution in [1.29, 1.82) is 0 Å². The fraction of sp³-hybridized carbons (Fsp3) is 0.417. The summed E-state index contributed by atoms with van der Waals surface area (Å²) in [6.45, 7) is 5.37. The molecule has 2 aromatic rings. The molecule has 30 heavy (non-hydrogen) atoms. The highest BCUT2D eigenvalue weighted by Gasteiger charge is 2.30. The third-order valence-electron chi connectivity index (χ3n) is 5.85. The molecule has 1 aliphatic rings. The van der Waals surface area contributed by atoms with Crippen LogP contribution in [0.2, 0.25) is 0 Å². The molecule has 2 amide bonds. The number of hydrogen-bond donors (Lipinski definition) is 2. The van der Waals surface area contributed by atoms with Crippen LogP contribution in [0.5, 0.6) is 5.75 Å². The van der Waals surface area contributed by atoms with E-state index in [1.165, 1.54) is 0 Å². The Hall–Kier alpha value is -2.86. The fourth-order valence-electron chi connectivity index (χ4n) is 3.86. The van der Waals surface area contributed by atoms with Gasteiger partial charge in [-0.1, -0.05) is 42.5 Å². The Morgan fingerprint density at radius 3 is 2.30 bits per heavy atom. The molecular formula is C24H31N3O3. The molecule has 2 unspecified atom stereocenters. The lowest BCUT2D eigenvalue weighted by Crippen LogP contribution is -2.49. The standard InChI is InChI=1S/C24H31N3O3/c1-17(19-9-5-4-6-10-19)25-23(28)18(2)27-15-13-20(14-16-27)24(29)26-21-11-7-8-12-22(21)30-3/h4-12,17-18,20H,13-16H2,1-3H3,(H,25,28)(H,26,29). The number of likely N-dealkylation sites (tertiary alicyclic amines) is 1. The number of nitrogens with zero attached hydrogens (tertiary/aromatic N) is 1. The van der Waals surface area contributed by atoms with Crippen molar-refractivity contribution in [2.24, 2.45) is 5.92 Å². The molecule has 1 heterocycles. The average Bonchev–Trinajstić information content (AvgIpc) is 2.79. The molecule has 1 fully saturated rings. The lowest BCUT2D eigenvalue weighted by Gasteiger charge is -2.35. The maximum absolute atomic E-state index is 12.7. The molecule has 0 aliphatic carbocycles. The van der Waals surface area contributed by atoms with Crippen LogP contribution in [-0.4, -0.2) is 43.0 Å². The Balaban J connectivity index is 1.49. The Morgan fingerprint density at radius 2 is 1.63 bits per heavy atom. The highest BCUT2D eigenvalue weighted by molar-refractivity contribution is 5.94. The van der Waals surface area contributed by atoms with Crippen molar-refractivity contribution in [3.63, 3.8) is 0 Å². The van der Waals surface area contributed by atoms with Crippen molar-refractivity contribution in [2.75, 3.05) is 25.5 Å². The first-order valence-corrected chi connectivity index (χ1v) is 10.5. The second kappa shape index (κ2) is 10.3. The maximum atomic E-state index is 12.7. The predicted molar refractivity (Wildman–Crippen MR) is 118 cm³/mol. The molecular weight excluding hydrogens is 378 g/mol. The fourth-order valence-corrected chi connectivity index (χ4v) is 3.86. The van der Waals surface area contributed by atoms with Gasteiger partial charge in [-0.3, -0.25) is 14.5 Å². The van der Waals surface area contributed by atoms with Gasteiger partial charge in [-0.2, -0.15) is 0 Å². The van der Waals surface area contributed by atoms with E-state index in [1.807, 2.05) is 68.4 Å². The second-order valence-electron chi connectivity index (χ2n) is 7.82. The zero-order valence-corrected chi connectivity index (χ0v) is 17.9. The first-order chi connectivity index (χ1) is 14.5. The molecule has 0 radical (unpaired) electrons. The van der Waals surface area contributed by atoms with E-state index in [0.29, 0.717) is 11.4 Å². The number of ether oxygens (including phenoxy) is 1. The zero-order chi connectivity index (χ0) is 21.5. The summed E-state index contributed by atoms with van der Waals surface area (Å²) in [7, 11) is 1.59. The number of carbonyl (C=O) groups is 2. The predicted octanol–water partition coefficient (Wildman–Crippen LogP) is 3.61. The Morgan fingerprint density at radius 1 is 1.00 bits per heavy atom. The van der Waals surface area contributed by atoms with Gasteiger partial charge in [0.1, 0.15) is 5.75 Å². The van der Waals surface area contributed by atoms with E-state index < -0.39 is 0 Å². The summed E-state index contributed by atoms with van der Waals surface area (Å²) in [5.41, 5.74) is 1.78. The van der Waals surface area contributed by atoms with Crippen LogP contribution in [0, 0.1) is 5.92 Å². The minimum absolute atomic E-state index is 0.00829. The van der Waals surface area contributed by atoms with Gasteiger partial charge in [0.25, 0.3) is 0 Å². The van der Waals surface area contributed by atoms with Crippen LogP contribution in [-0.2, 0) is 9.59 Å². The van der Waals surface area contributed by atoms with Crippen molar-refractivity contribution in [3.05, 3.63) is 60.2 Å². The molecule has 160 valence electrons. The molecule has 2 aromatic carbocycles. The highest BCUT2D eigenvalue weighted by atomic mass is 16.5. The van der Waals surface area contributed by atoms with Gasteiger partial charge in [-0.05, 0) is 57.5 Å². The van der Waals surface area contributed by atoms with Gasteiger partial charge in [-0.15, -0.1) is 0 Å². The topological polar surface area (TPSA) is 70.7 Å². The molecule has 6 heteroatoms. The highest BCUT2D eigenvalue weighted by Crippen LogP contribution is 2.26. The summed E-state index contributed by atoms with van der Waals surface area (Å²) in [4.78, 5) is 27.5. The van der Waals surface area contributed by atoms with Crippen LogP contribution in [0.15, 0.2) is 54.6 Å². The molecule has 0 bridgehead atoms. The van der Waals surface area contributed by atoms with Crippen LogP contribution in [0.1, 0.15) is 38.3 Å². The molecule has 0 saturated carbocycles. The molecule has 2 atom stereocenters. The summed E-state index contributed by atoms with van der Waals surface area (Å²) in [5.74, 6) is 0.614. The van der Waals surface area contributed by atoms with Crippen LogP contribution >= 0.6 is 0 Å². The largest absolute Gasteiger partial charge is 0.495 e. The summed E-state index contributed by atoms with van der Waals surface area (Å²) >= 11 is 0. The van der Waals surface area contributed by atoms with Gasteiger partial charge in [0.15, 0.2) is 0 Å². The molecule has 1 saturated heterocycles. The molecule has 1 aliphatic heterocycles. The smallest absolute Gasteiger partial charge is 0.237 e. The van der Waals surface area contributed by atoms with Crippen molar-refractivity contribution >= 4 is 17.5 Å². The van der Waals surface area contributed by atoms with Crippen LogP contribution in [0.4, 0.5) is 5.69 Å². The Bertz CT molecular complexity index is 848. The van der Waals surface area contributed by atoms with Crippen LogP contribution < -0.4 is 15.4 Å². The number of benzene rings is 2. The summed E-state index contributed by atoms with van der Waals surface area (Å²) < 4.78 is 5.30. The van der Waals surface area contributed by atoms with Gasteiger partial charge in [0.05, 0.1) is 24.9 Å². The number of anilines is 1. The Kier molecular flexibility index (Phi) is 7.46. The number of nitrogens with one attached hydrogen (secondary N) is 2. The van der Waals surface area contributed by atoms with E-state index in [4.69, 9.17) is 4.74 Å². The minimum atomic E-state index is -0.227. The van der Waals surface area contributed by atoms with Gasteiger partial charge in [0.2, 0.25) is 11.8 Å². The van der Waals surface area contributed by atoms with E-state index in [-0.39, 0.29) is 29.8 Å². The number of hydrogen-bond acceptors (Lipinski definition) is 4. The van der Waals surface area contributed by atoms with E-state index in [1.54, 1.807) is 7.11 Å². The monoisotopic (exact) mass is 409 g/mol. The van der Waals surface area contributed by atoms with Gasteiger partial charge < -0.3 is 15.4 Å². The summed E-state index contributed by atoms with van der Waals surface area (Å²) in [6, 6.07) is 17.1. The van der Waals surface area contributed by atoms with E-state index in [2.05, 4.69) is 15.5 Å². The van der Waals surface area contributed by atoms with Gasteiger partial charge in [0, 0.05) is 5.92 Å². The number of rotatable bonds is 7. The minimum Gasteiger partial charge on any atom is -0.495 e. The average molecular weight is 410 g/mol. The third kappa shape index (κ3) is 5.39. The first kappa shape index (κ1) is 21.8. The van der Waals surface area contributed by atoms with Crippen molar-refractivity contribution < 1.29 is 14.3 Å². The zero-order valence-electron chi connectivity index (χ0n) is 17.9. The second-order valence-corrected chi connectivity index (χ2v) is 7.82. The SMILES string of the molecule is COc1ccccc1NC(=O)C1CCN(C(C)C(=O)NC(C)c2ccccc2)CC1. The molecule has 0 spiro atoms. The molecule has 0 aromatic heterocycles. The van der Waals surface area contributed by atoms with E-state index in [0.717, 1.165) is 31.5 Å². The number of para-hydroxylation sites is 2. The van der Waals surface area contributed by atoms with Crippen molar-refractivity contribution in [2.45, 2.75) is 38.8 Å². The number of carbonyl (C=O) groups excluding carboxylic acids is 2. The first-order valence-electron chi connectivity index (χ1n) is 10.5. The molecule has 6 nitrogen and oxygen atoms in total. The lowest BCUT2D eigenvalue weighted by atomic mass is 9.94. The number of piperidine rings is 1. The van der Waals surface area contributed by atoms with Crippen molar-refractivity contribution in [1.82, 2.24) is 10.2 Å². The summed E-state index contributed by atoms with van der Waals surface area (Å²) in [5, 5.41) is 6.08. The van der Waals surface area contributed by atoms with E-state index >= 15 is 0 Å². The van der Waals surface area contributed by atoms with Crippen LogP contribution in [0.3, 0.4) is 0 Å². The lowest BCUT2D eigenvalue weighted by molar-refractivity contribution is -0.127.